The van der Waals surface area contributed by atoms with Gasteiger partial charge in [0.25, 0.3) is 0 Å². The van der Waals surface area contributed by atoms with Gasteiger partial charge in [-0.25, -0.2) is 9.97 Å². The Labute approximate surface area is 140 Å². The van der Waals surface area contributed by atoms with Crippen LogP contribution in [0.2, 0.25) is 0 Å². The fourth-order valence-electron chi connectivity index (χ4n) is 2.63. The van der Waals surface area contributed by atoms with Gasteiger partial charge in [0.1, 0.15) is 0 Å². The van der Waals surface area contributed by atoms with Gasteiger partial charge in [0.05, 0.1) is 0 Å². The number of carbonyl (C=O) groups is 1. The molecule has 6 heteroatoms. The molecule has 2 heterocycles. The third-order valence-corrected chi connectivity index (χ3v) is 4.66. The first-order valence-corrected chi connectivity index (χ1v) is 8.54. The Kier molecular flexibility index (Phi) is 4.71. The molecule has 23 heavy (non-hydrogen) atoms. The molecule has 0 radical (unpaired) electrons. The maximum atomic E-state index is 12.0. The Morgan fingerprint density at radius 3 is 3.09 bits per heavy atom. The van der Waals surface area contributed by atoms with Gasteiger partial charge in [-0.15, -0.1) is 11.3 Å². The van der Waals surface area contributed by atoms with Crippen molar-refractivity contribution in [3.63, 3.8) is 0 Å². The summed E-state index contributed by atoms with van der Waals surface area (Å²) in [6, 6.07) is 4.12. The summed E-state index contributed by atoms with van der Waals surface area (Å²) in [6.07, 6.45) is 7.92. The number of aromatic nitrogens is 2. The Hall–Kier alpha value is -2.21. The number of carbonyl (C=O) groups excluding carboxylic acids is 1. The molecular formula is C17H20N4OS. The number of hydrogen-bond donors (Lipinski definition) is 1. The lowest BCUT2D eigenvalue weighted by molar-refractivity contribution is -0.117. The molecule has 1 N–H and O–H groups in total. The molecule has 120 valence electrons. The molecule has 0 bridgehead atoms. The zero-order chi connectivity index (χ0) is 16.2. The van der Waals surface area contributed by atoms with E-state index in [1.807, 2.05) is 48.8 Å². The van der Waals surface area contributed by atoms with Crippen molar-refractivity contribution in [1.82, 2.24) is 15.3 Å². The molecule has 1 amide bonds. The Balaban J connectivity index is 1.60. The van der Waals surface area contributed by atoms with Crippen LogP contribution in [0.5, 0.6) is 0 Å². The topological polar surface area (TPSA) is 58.1 Å². The molecular weight excluding hydrogens is 308 g/mol. The van der Waals surface area contributed by atoms with Crippen molar-refractivity contribution in [2.24, 2.45) is 0 Å². The van der Waals surface area contributed by atoms with E-state index < -0.39 is 0 Å². The van der Waals surface area contributed by atoms with Gasteiger partial charge in [0.15, 0.2) is 0 Å². The van der Waals surface area contributed by atoms with Gasteiger partial charge >= 0.3 is 0 Å². The fourth-order valence-corrected chi connectivity index (χ4v) is 3.25. The third-order valence-electron chi connectivity index (χ3n) is 3.83. The van der Waals surface area contributed by atoms with Gasteiger partial charge in [-0.2, -0.15) is 0 Å². The number of nitrogens with one attached hydrogen (secondary N) is 1. The van der Waals surface area contributed by atoms with Crippen molar-refractivity contribution in [1.29, 1.82) is 0 Å². The smallest absolute Gasteiger partial charge is 0.244 e. The van der Waals surface area contributed by atoms with Gasteiger partial charge in [-0.05, 0) is 42.3 Å². The number of amides is 1. The van der Waals surface area contributed by atoms with Crippen molar-refractivity contribution in [2.75, 3.05) is 19.0 Å². The average molecular weight is 328 g/mol. The minimum Gasteiger partial charge on any atom is -0.349 e. The molecule has 1 atom stereocenters. The van der Waals surface area contributed by atoms with E-state index >= 15 is 0 Å². The second kappa shape index (κ2) is 6.91. The molecule has 5 nitrogen and oxygen atoms in total. The molecule has 1 aliphatic carbocycles. The first-order chi connectivity index (χ1) is 11.1. The molecule has 0 aromatic carbocycles. The number of anilines is 1. The van der Waals surface area contributed by atoms with E-state index in [9.17, 15) is 4.79 Å². The van der Waals surface area contributed by atoms with Crippen molar-refractivity contribution >= 4 is 29.3 Å². The number of aryl methyl sites for hydroxylation is 1. The van der Waals surface area contributed by atoms with Crippen LogP contribution in [-0.2, 0) is 17.6 Å². The first kappa shape index (κ1) is 15.7. The molecule has 0 spiro atoms. The molecule has 2 aromatic heterocycles. The van der Waals surface area contributed by atoms with E-state index in [2.05, 4.69) is 15.3 Å². The van der Waals surface area contributed by atoms with Crippen molar-refractivity contribution in [2.45, 2.75) is 25.3 Å². The maximum Gasteiger partial charge on any atom is 0.244 e. The summed E-state index contributed by atoms with van der Waals surface area (Å²) in [6.45, 7) is 0. The van der Waals surface area contributed by atoms with Gasteiger partial charge in [-0.1, -0.05) is 6.07 Å². The van der Waals surface area contributed by atoms with Crippen molar-refractivity contribution < 1.29 is 4.79 Å². The van der Waals surface area contributed by atoms with E-state index in [0.717, 1.165) is 41.3 Å². The van der Waals surface area contributed by atoms with Crippen LogP contribution < -0.4 is 10.2 Å². The zero-order valence-corrected chi connectivity index (χ0v) is 14.1. The number of hydrogen-bond acceptors (Lipinski definition) is 5. The number of rotatable bonds is 4. The third kappa shape index (κ3) is 3.96. The molecule has 0 saturated heterocycles. The van der Waals surface area contributed by atoms with Gasteiger partial charge in [-0.3, -0.25) is 4.79 Å². The standard InChI is InChI=1S/C17H20N4OS/c1-21(2)17-18-11-12-10-13(5-7-15(12)20-17)19-16(22)8-6-14-4-3-9-23-14/h3-4,6,8-9,11,13H,5,7,10H2,1-2H3,(H,19,22)/b8-6+/t13-/m1/s1. The lowest BCUT2D eigenvalue weighted by Crippen LogP contribution is -2.38. The molecule has 0 fully saturated rings. The summed E-state index contributed by atoms with van der Waals surface area (Å²) in [5.74, 6) is 0.697. The van der Waals surface area contributed by atoms with Crippen LogP contribution in [0, 0.1) is 0 Å². The summed E-state index contributed by atoms with van der Waals surface area (Å²) in [5.41, 5.74) is 2.23. The monoisotopic (exact) mass is 328 g/mol. The van der Waals surface area contributed by atoms with E-state index in [1.54, 1.807) is 17.4 Å². The quantitative estimate of drug-likeness (QED) is 0.875. The largest absolute Gasteiger partial charge is 0.349 e. The minimum absolute atomic E-state index is 0.0438. The highest BCUT2D eigenvalue weighted by molar-refractivity contribution is 7.10. The molecule has 3 rings (SSSR count). The minimum atomic E-state index is -0.0438. The van der Waals surface area contributed by atoms with Crippen LogP contribution in [-0.4, -0.2) is 36.0 Å². The van der Waals surface area contributed by atoms with Crippen LogP contribution in [0.25, 0.3) is 6.08 Å². The predicted molar refractivity (Wildman–Crippen MR) is 93.7 cm³/mol. The van der Waals surface area contributed by atoms with Gasteiger partial charge < -0.3 is 10.2 Å². The number of fused-ring (bicyclic) bond motifs is 1. The molecule has 1 aliphatic rings. The predicted octanol–water partition coefficient (Wildman–Crippen LogP) is 2.29. The second-order valence-corrected chi connectivity index (χ2v) is 6.81. The zero-order valence-electron chi connectivity index (χ0n) is 13.3. The normalized spacial score (nSPS) is 17.0. The van der Waals surface area contributed by atoms with Crippen LogP contribution in [0.1, 0.15) is 22.6 Å². The number of nitrogens with zero attached hydrogens (tertiary/aromatic N) is 3. The van der Waals surface area contributed by atoms with Crippen molar-refractivity contribution in [3.8, 4) is 0 Å². The highest BCUT2D eigenvalue weighted by Gasteiger charge is 2.21. The highest BCUT2D eigenvalue weighted by atomic mass is 32.1. The Morgan fingerprint density at radius 1 is 1.48 bits per heavy atom. The van der Waals surface area contributed by atoms with Crippen LogP contribution in [0.15, 0.2) is 29.8 Å². The van der Waals surface area contributed by atoms with E-state index in [-0.39, 0.29) is 11.9 Å². The Morgan fingerprint density at radius 2 is 2.35 bits per heavy atom. The fraction of sp³-hybridized carbons (Fsp3) is 0.353. The SMILES string of the molecule is CN(C)c1ncc2c(n1)CC[C@@H](NC(=O)/C=C/c1cccs1)C2. The van der Waals surface area contributed by atoms with Crippen molar-refractivity contribution in [3.05, 3.63) is 45.9 Å². The van der Waals surface area contributed by atoms with Crippen LogP contribution >= 0.6 is 11.3 Å². The number of thiophene rings is 1. The van der Waals surface area contributed by atoms with Gasteiger partial charge in [0, 0.05) is 43.0 Å². The van der Waals surface area contributed by atoms with Crippen LogP contribution in [0.4, 0.5) is 5.95 Å². The lowest BCUT2D eigenvalue weighted by Gasteiger charge is -2.25. The van der Waals surface area contributed by atoms with E-state index in [1.165, 1.54) is 0 Å². The van der Waals surface area contributed by atoms with Crippen LogP contribution in [0.3, 0.4) is 0 Å². The summed E-state index contributed by atoms with van der Waals surface area (Å²) in [5, 5.41) is 5.07. The first-order valence-electron chi connectivity index (χ1n) is 7.66. The molecule has 2 aromatic rings. The summed E-state index contributed by atoms with van der Waals surface area (Å²) in [4.78, 5) is 24.0. The van der Waals surface area contributed by atoms with Gasteiger partial charge in [0.2, 0.25) is 11.9 Å². The Bertz CT molecular complexity index is 709. The summed E-state index contributed by atoms with van der Waals surface area (Å²) < 4.78 is 0. The molecule has 0 saturated carbocycles. The van der Waals surface area contributed by atoms with E-state index in [0.29, 0.717) is 0 Å². The molecule has 0 aliphatic heterocycles. The molecule has 0 unspecified atom stereocenters. The summed E-state index contributed by atoms with van der Waals surface area (Å²) in [7, 11) is 3.88. The second-order valence-electron chi connectivity index (χ2n) is 5.83. The lowest BCUT2D eigenvalue weighted by atomic mass is 9.93. The highest BCUT2D eigenvalue weighted by Crippen LogP contribution is 2.21. The summed E-state index contributed by atoms with van der Waals surface area (Å²) >= 11 is 1.62. The maximum absolute atomic E-state index is 12.0. The average Bonchev–Trinajstić information content (AvgIpc) is 3.06. The van der Waals surface area contributed by atoms with E-state index in [4.69, 9.17) is 0 Å².